The second-order valence-electron chi connectivity index (χ2n) is 6.69. The minimum absolute atomic E-state index is 0.449. The molecule has 0 bridgehead atoms. The molecular weight excluding hydrogens is 385 g/mol. The first-order valence-electron chi connectivity index (χ1n) is 9.19. The molecule has 7 nitrogen and oxygen atoms in total. The van der Waals surface area contributed by atoms with Crippen LogP contribution in [0.25, 0.3) is 0 Å². The summed E-state index contributed by atoms with van der Waals surface area (Å²) in [5, 5.41) is 5.26. The Morgan fingerprint density at radius 3 is 2.00 bits per heavy atom. The van der Waals surface area contributed by atoms with Gasteiger partial charge in [0.15, 0.2) is 0 Å². The van der Waals surface area contributed by atoms with E-state index in [0.29, 0.717) is 16.0 Å². The van der Waals surface area contributed by atoms with Crippen LogP contribution in [0, 0.1) is 0 Å². The molecule has 0 saturated carbocycles. The van der Waals surface area contributed by atoms with Crippen molar-refractivity contribution in [3.8, 4) is 0 Å². The van der Waals surface area contributed by atoms with Crippen LogP contribution < -0.4 is 15.2 Å². The van der Waals surface area contributed by atoms with E-state index in [1.54, 1.807) is 18.3 Å². The highest BCUT2D eigenvalue weighted by Crippen LogP contribution is 2.23. The summed E-state index contributed by atoms with van der Waals surface area (Å²) in [5.74, 6) is 1.89. The van der Waals surface area contributed by atoms with Crippen molar-refractivity contribution >= 4 is 47.3 Å². The number of aromatic nitrogens is 3. The summed E-state index contributed by atoms with van der Waals surface area (Å²) < 4.78 is 0. The van der Waals surface area contributed by atoms with Crippen molar-refractivity contribution < 1.29 is 0 Å². The molecule has 0 amide bonds. The summed E-state index contributed by atoms with van der Waals surface area (Å²) in [7, 11) is 0. The molecule has 9 heteroatoms. The van der Waals surface area contributed by atoms with Gasteiger partial charge in [0.25, 0.3) is 0 Å². The van der Waals surface area contributed by atoms with E-state index in [1.165, 1.54) is 25.7 Å². The van der Waals surface area contributed by atoms with E-state index in [4.69, 9.17) is 28.2 Å². The lowest BCUT2D eigenvalue weighted by Crippen LogP contribution is -2.25. The van der Waals surface area contributed by atoms with Crippen LogP contribution in [0.5, 0.6) is 0 Å². The Balaban J connectivity index is 1.54. The number of hydrogen-bond acceptors (Lipinski definition) is 7. The number of anilines is 3. The van der Waals surface area contributed by atoms with Crippen molar-refractivity contribution in [3.05, 3.63) is 33.8 Å². The molecule has 1 aromatic heterocycles. The summed E-state index contributed by atoms with van der Waals surface area (Å²) in [4.78, 5) is 18.2. The fourth-order valence-corrected chi connectivity index (χ4v) is 3.58. The number of nitrogens with zero attached hydrogens (tertiary/aromatic N) is 6. The Morgan fingerprint density at radius 2 is 1.44 bits per heavy atom. The Morgan fingerprint density at radius 1 is 0.852 bits per heavy atom. The molecule has 2 fully saturated rings. The molecule has 2 aliphatic rings. The first kappa shape index (κ1) is 18.3. The van der Waals surface area contributed by atoms with Gasteiger partial charge in [-0.15, -0.1) is 0 Å². The molecular formula is C18H21Cl2N7. The smallest absolute Gasteiger partial charge is 0.250 e. The number of rotatable bonds is 5. The van der Waals surface area contributed by atoms with Crippen LogP contribution in [0.4, 0.5) is 17.8 Å². The van der Waals surface area contributed by atoms with Crippen LogP contribution in [-0.4, -0.2) is 47.3 Å². The molecule has 2 aromatic rings. The highest BCUT2D eigenvalue weighted by molar-refractivity contribution is 6.42. The Kier molecular flexibility index (Phi) is 5.59. The maximum absolute atomic E-state index is 6.04. The van der Waals surface area contributed by atoms with Crippen LogP contribution in [0.2, 0.25) is 10.0 Å². The normalized spacial score (nSPS) is 17.3. The molecule has 3 heterocycles. The van der Waals surface area contributed by atoms with Gasteiger partial charge in [-0.05, 0) is 43.4 Å². The van der Waals surface area contributed by atoms with Gasteiger partial charge in [0.2, 0.25) is 17.8 Å². The zero-order valence-electron chi connectivity index (χ0n) is 14.9. The van der Waals surface area contributed by atoms with Crippen molar-refractivity contribution in [2.24, 2.45) is 5.10 Å². The van der Waals surface area contributed by atoms with E-state index in [1.807, 2.05) is 6.07 Å². The predicted molar refractivity (Wildman–Crippen MR) is 110 cm³/mol. The Bertz CT molecular complexity index is 796. The van der Waals surface area contributed by atoms with Gasteiger partial charge in [0.1, 0.15) is 0 Å². The quantitative estimate of drug-likeness (QED) is 0.601. The molecule has 142 valence electrons. The van der Waals surface area contributed by atoms with Gasteiger partial charge in [-0.3, -0.25) is 0 Å². The minimum atomic E-state index is 0.449. The van der Waals surface area contributed by atoms with Gasteiger partial charge in [-0.25, -0.2) is 5.43 Å². The van der Waals surface area contributed by atoms with Crippen molar-refractivity contribution in [2.75, 3.05) is 41.4 Å². The lowest BCUT2D eigenvalue weighted by molar-refractivity contribution is 0.838. The first-order chi connectivity index (χ1) is 13.2. The van der Waals surface area contributed by atoms with Gasteiger partial charge in [0, 0.05) is 26.2 Å². The SMILES string of the molecule is Clc1ccc(/C=N/Nc2nc(N3CCCC3)nc(N3CCCC3)n2)cc1Cl. The summed E-state index contributed by atoms with van der Waals surface area (Å²) in [6.45, 7) is 3.93. The summed E-state index contributed by atoms with van der Waals surface area (Å²) >= 11 is 12.0. The highest BCUT2D eigenvalue weighted by Gasteiger charge is 2.21. The lowest BCUT2D eigenvalue weighted by Gasteiger charge is -2.20. The third kappa shape index (κ3) is 4.42. The third-order valence-corrected chi connectivity index (χ3v) is 5.45. The zero-order valence-corrected chi connectivity index (χ0v) is 16.4. The molecule has 0 unspecified atom stereocenters. The van der Waals surface area contributed by atoms with E-state index in [-0.39, 0.29) is 0 Å². The van der Waals surface area contributed by atoms with Crippen molar-refractivity contribution in [3.63, 3.8) is 0 Å². The van der Waals surface area contributed by atoms with Crippen LogP contribution in [0.1, 0.15) is 31.2 Å². The van der Waals surface area contributed by atoms with E-state index in [2.05, 4.69) is 30.3 Å². The molecule has 0 radical (unpaired) electrons. The molecule has 1 aromatic carbocycles. The number of nitrogens with one attached hydrogen (secondary N) is 1. The second-order valence-corrected chi connectivity index (χ2v) is 7.51. The van der Waals surface area contributed by atoms with Crippen molar-refractivity contribution in [2.45, 2.75) is 25.7 Å². The van der Waals surface area contributed by atoms with E-state index in [0.717, 1.165) is 43.6 Å². The van der Waals surface area contributed by atoms with E-state index < -0.39 is 0 Å². The average Bonchev–Trinajstić information content (AvgIpc) is 3.38. The average molecular weight is 406 g/mol. The fraction of sp³-hybridized carbons (Fsp3) is 0.444. The summed E-state index contributed by atoms with van der Waals surface area (Å²) in [6.07, 6.45) is 6.34. The monoisotopic (exact) mass is 405 g/mol. The highest BCUT2D eigenvalue weighted by atomic mass is 35.5. The van der Waals surface area contributed by atoms with E-state index in [9.17, 15) is 0 Å². The topological polar surface area (TPSA) is 69.5 Å². The molecule has 0 spiro atoms. The van der Waals surface area contributed by atoms with Gasteiger partial charge < -0.3 is 9.80 Å². The van der Waals surface area contributed by atoms with Gasteiger partial charge in [0.05, 0.1) is 16.3 Å². The maximum Gasteiger partial charge on any atom is 0.250 e. The number of hydrazone groups is 1. The third-order valence-electron chi connectivity index (χ3n) is 4.71. The van der Waals surface area contributed by atoms with Crippen molar-refractivity contribution in [1.82, 2.24) is 15.0 Å². The van der Waals surface area contributed by atoms with E-state index >= 15 is 0 Å². The van der Waals surface area contributed by atoms with Crippen molar-refractivity contribution in [1.29, 1.82) is 0 Å². The molecule has 27 heavy (non-hydrogen) atoms. The number of benzene rings is 1. The lowest BCUT2D eigenvalue weighted by atomic mass is 10.2. The molecule has 2 saturated heterocycles. The fourth-order valence-electron chi connectivity index (χ4n) is 3.28. The zero-order chi connectivity index (χ0) is 18.6. The van der Waals surface area contributed by atoms with Crippen LogP contribution in [0.15, 0.2) is 23.3 Å². The van der Waals surface area contributed by atoms with Gasteiger partial charge in [-0.2, -0.15) is 20.1 Å². The molecule has 0 atom stereocenters. The first-order valence-corrected chi connectivity index (χ1v) is 9.95. The minimum Gasteiger partial charge on any atom is -0.341 e. The molecule has 2 aliphatic heterocycles. The number of hydrogen-bond donors (Lipinski definition) is 1. The van der Waals surface area contributed by atoms with Crippen LogP contribution in [-0.2, 0) is 0 Å². The Labute approximate surface area is 168 Å². The largest absolute Gasteiger partial charge is 0.341 e. The predicted octanol–water partition coefficient (Wildman–Crippen LogP) is 3.82. The summed E-state index contributed by atoms with van der Waals surface area (Å²) in [5.41, 5.74) is 3.77. The summed E-state index contributed by atoms with van der Waals surface area (Å²) in [6, 6.07) is 5.34. The van der Waals surface area contributed by atoms with Gasteiger partial charge in [-0.1, -0.05) is 29.3 Å². The molecule has 1 N–H and O–H groups in total. The molecule has 0 aliphatic carbocycles. The van der Waals surface area contributed by atoms with Gasteiger partial charge >= 0.3 is 0 Å². The second kappa shape index (κ2) is 8.27. The maximum atomic E-state index is 6.04. The van der Waals surface area contributed by atoms with Crippen LogP contribution >= 0.6 is 23.2 Å². The standard InChI is InChI=1S/C18H21Cl2N7/c19-14-6-5-13(11-15(14)20)12-21-25-16-22-17(26-7-1-2-8-26)24-18(23-16)27-9-3-4-10-27/h5-6,11-12H,1-4,7-10H2,(H,22,23,24,25)/b21-12+. The molecule has 4 rings (SSSR count). The number of halogens is 2. The Hall–Kier alpha value is -2.12. The van der Waals surface area contributed by atoms with Crippen LogP contribution in [0.3, 0.4) is 0 Å².